The summed E-state index contributed by atoms with van der Waals surface area (Å²) in [5.41, 5.74) is 1.57. The lowest BCUT2D eigenvalue weighted by Crippen LogP contribution is -2.33. The van der Waals surface area contributed by atoms with E-state index in [0.29, 0.717) is 23.5 Å². The summed E-state index contributed by atoms with van der Waals surface area (Å²) in [6, 6.07) is 6.05. The molecule has 1 saturated carbocycles. The van der Waals surface area contributed by atoms with Gasteiger partial charge in [-0.3, -0.25) is 4.79 Å². The molecule has 0 bridgehead atoms. The molecule has 4 atom stereocenters. The van der Waals surface area contributed by atoms with Crippen molar-refractivity contribution in [3.63, 3.8) is 0 Å². The summed E-state index contributed by atoms with van der Waals surface area (Å²) in [6.45, 7) is 4.91. The first-order chi connectivity index (χ1) is 14.5. The third-order valence-electron chi connectivity index (χ3n) is 5.79. The Balaban J connectivity index is 1.85. The Morgan fingerprint density at radius 3 is 2.48 bits per heavy atom. The number of alkyl halides is 3. The van der Waals surface area contributed by atoms with Crippen LogP contribution in [0.4, 0.5) is 13.2 Å². The topological polar surface area (TPSA) is 59.6 Å². The summed E-state index contributed by atoms with van der Waals surface area (Å²) in [5, 5.41) is 6.35. The van der Waals surface area contributed by atoms with Gasteiger partial charge in [-0.15, -0.1) is 0 Å². The SMILES string of the molecule is COc1ccc(C(C)N[C@@H]2CC[C@H](C(=O)NC/C(C)=C/C(C)C(F)(F)F)C2)cc1OC. The zero-order valence-electron chi connectivity index (χ0n) is 18.8. The number of carbonyl (C=O) groups is 1. The second-order valence-electron chi connectivity index (χ2n) is 8.27. The van der Waals surface area contributed by atoms with Crippen molar-refractivity contribution in [2.75, 3.05) is 20.8 Å². The van der Waals surface area contributed by atoms with Crippen LogP contribution in [0.5, 0.6) is 11.5 Å². The summed E-state index contributed by atoms with van der Waals surface area (Å²) < 4.78 is 48.6. The first-order valence-corrected chi connectivity index (χ1v) is 10.5. The number of amides is 1. The lowest BCUT2D eigenvalue weighted by atomic mass is 10.0. The van der Waals surface area contributed by atoms with E-state index >= 15 is 0 Å². The number of ether oxygens (including phenoxy) is 2. The number of benzene rings is 1. The van der Waals surface area contributed by atoms with Crippen molar-refractivity contribution in [3.05, 3.63) is 35.4 Å². The standard InChI is InChI=1S/C23H33F3N2O3/c1-14(10-15(2)23(24,25)26)13-27-22(29)18-6-8-19(11-18)28-16(3)17-7-9-20(30-4)21(12-17)31-5/h7,9-10,12,15-16,18-19,28H,6,8,11,13H2,1-5H3,(H,27,29)/b14-10+/t15?,16?,18-,19+/m0/s1. The minimum absolute atomic E-state index is 0.0700. The van der Waals surface area contributed by atoms with Crippen molar-refractivity contribution in [2.45, 2.75) is 58.3 Å². The van der Waals surface area contributed by atoms with Gasteiger partial charge in [0.25, 0.3) is 0 Å². The predicted molar refractivity (Wildman–Crippen MR) is 114 cm³/mol. The number of carbonyl (C=O) groups excluding carboxylic acids is 1. The Bertz CT molecular complexity index is 780. The van der Waals surface area contributed by atoms with Crippen LogP contribution in [0, 0.1) is 11.8 Å². The molecule has 0 heterocycles. The van der Waals surface area contributed by atoms with E-state index in [1.807, 2.05) is 18.2 Å². The highest BCUT2D eigenvalue weighted by atomic mass is 19.4. The number of rotatable bonds is 9. The molecular weight excluding hydrogens is 409 g/mol. The average Bonchev–Trinajstić information content (AvgIpc) is 3.19. The molecule has 1 aromatic carbocycles. The molecule has 1 aliphatic carbocycles. The van der Waals surface area contributed by atoms with Crippen molar-refractivity contribution in [1.82, 2.24) is 10.6 Å². The van der Waals surface area contributed by atoms with E-state index in [2.05, 4.69) is 17.6 Å². The maximum Gasteiger partial charge on any atom is 0.394 e. The molecule has 2 unspecified atom stereocenters. The molecule has 1 aromatic rings. The number of hydrogen-bond acceptors (Lipinski definition) is 4. The van der Waals surface area contributed by atoms with Gasteiger partial charge in [-0.05, 0) is 50.8 Å². The molecule has 0 aromatic heterocycles. The number of allylic oxidation sites excluding steroid dienone is 1. The van der Waals surface area contributed by atoms with Crippen LogP contribution in [-0.4, -0.2) is 38.9 Å². The summed E-state index contributed by atoms with van der Waals surface area (Å²) in [5.74, 6) is -0.424. The largest absolute Gasteiger partial charge is 0.493 e. The molecule has 5 nitrogen and oxygen atoms in total. The van der Waals surface area contributed by atoms with Crippen LogP contribution in [0.2, 0.25) is 0 Å². The second kappa shape index (κ2) is 10.9. The Labute approximate surface area is 182 Å². The fourth-order valence-corrected chi connectivity index (χ4v) is 3.89. The quantitative estimate of drug-likeness (QED) is 0.540. The lowest BCUT2D eigenvalue weighted by molar-refractivity contribution is -0.156. The van der Waals surface area contributed by atoms with E-state index in [4.69, 9.17) is 9.47 Å². The highest BCUT2D eigenvalue weighted by Crippen LogP contribution is 2.32. The van der Waals surface area contributed by atoms with Crippen molar-refractivity contribution in [3.8, 4) is 11.5 Å². The van der Waals surface area contributed by atoms with E-state index in [9.17, 15) is 18.0 Å². The minimum atomic E-state index is -4.26. The third-order valence-corrected chi connectivity index (χ3v) is 5.79. The zero-order chi connectivity index (χ0) is 23.2. The maximum absolute atomic E-state index is 12.7. The number of hydrogen-bond donors (Lipinski definition) is 2. The summed E-state index contributed by atoms with van der Waals surface area (Å²) in [4.78, 5) is 12.5. The molecule has 2 N–H and O–H groups in total. The van der Waals surface area contributed by atoms with Crippen molar-refractivity contribution < 1.29 is 27.4 Å². The van der Waals surface area contributed by atoms with Crippen LogP contribution in [0.3, 0.4) is 0 Å². The van der Waals surface area contributed by atoms with Crippen LogP contribution in [-0.2, 0) is 4.79 Å². The van der Waals surface area contributed by atoms with Crippen molar-refractivity contribution in [1.29, 1.82) is 0 Å². The summed E-state index contributed by atoms with van der Waals surface area (Å²) in [6.07, 6.45) is -0.783. The van der Waals surface area contributed by atoms with Crippen LogP contribution in [0.25, 0.3) is 0 Å². The van der Waals surface area contributed by atoms with Gasteiger partial charge in [0, 0.05) is 24.5 Å². The molecule has 8 heteroatoms. The molecule has 0 aliphatic heterocycles. The van der Waals surface area contributed by atoms with Gasteiger partial charge in [0.15, 0.2) is 11.5 Å². The third kappa shape index (κ3) is 7.16. The first kappa shape index (κ1) is 25.0. The zero-order valence-corrected chi connectivity index (χ0v) is 18.8. The van der Waals surface area contributed by atoms with Crippen LogP contribution >= 0.6 is 0 Å². The fraction of sp³-hybridized carbons (Fsp3) is 0.609. The van der Waals surface area contributed by atoms with E-state index in [-0.39, 0.29) is 30.5 Å². The molecule has 1 amide bonds. The second-order valence-corrected chi connectivity index (χ2v) is 8.27. The predicted octanol–water partition coefficient (Wildman–Crippen LogP) is 4.78. The highest BCUT2D eigenvalue weighted by molar-refractivity contribution is 5.79. The molecule has 1 aliphatic rings. The van der Waals surface area contributed by atoms with Gasteiger partial charge < -0.3 is 20.1 Å². The molecule has 0 radical (unpaired) electrons. The fourth-order valence-electron chi connectivity index (χ4n) is 3.89. The van der Waals surface area contributed by atoms with Gasteiger partial charge >= 0.3 is 6.18 Å². The van der Waals surface area contributed by atoms with Crippen molar-refractivity contribution >= 4 is 5.91 Å². The number of methoxy groups -OCH3 is 2. The number of halogens is 3. The van der Waals surface area contributed by atoms with E-state index in [1.165, 1.54) is 0 Å². The summed E-state index contributed by atoms with van der Waals surface area (Å²) >= 11 is 0. The van der Waals surface area contributed by atoms with E-state index < -0.39 is 12.1 Å². The van der Waals surface area contributed by atoms with Crippen LogP contribution in [0.15, 0.2) is 29.8 Å². The molecule has 0 spiro atoms. The van der Waals surface area contributed by atoms with Crippen LogP contribution < -0.4 is 20.1 Å². The Kier molecular flexibility index (Phi) is 8.79. The van der Waals surface area contributed by atoms with Crippen LogP contribution in [0.1, 0.15) is 51.6 Å². The molecule has 0 saturated heterocycles. The molecule has 31 heavy (non-hydrogen) atoms. The minimum Gasteiger partial charge on any atom is -0.493 e. The molecule has 1 fully saturated rings. The Hall–Kier alpha value is -2.22. The van der Waals surface area contributed by atoms with Gasteiger partial charge in [-0.25, -0.2) is 0 Å². The molecule has 2 rings (SSSR count). The maximum atomic E-state index is 12.7. The highest BCUT2D eigenvalue weighted by Gasteiger charge is 2.34. The van der Waals surface area contributed by atoms with E-state index in [1.54, 1.807) is 21.1 Å². The molecule has 174 valence electrons. The molecular formula is C23H33F3N2O3. The van der Waals surface area contributed by atoms with Crippen molar-refractivity contribution in [2.24, 2.45) is 11.8 Å². The Morgan fingerprint density at radius 1 is 1.19 bits per heavy atom. The van der Waals surface area contributed by atoms with Gasteiger partial charge in [0.05, 0.1) is 20.1 Å². The average molecular weight is 443 g/mol. The normalized spacial score (nSPS) is 21.5. The van der Waals surface area contributed by atoms with Gasteiger partial charge in [0.2, 0.25) is 5.91 Å². The van der Waals surface area contributed by atoms with Gasteiger partial charge in [-0.1, -0.05) is 24.6 Å². The smallest absolute Gasteiger partial charge is 0.394 e. The van der Waals surface area contributed by atoms with Gasteiger partial charge in [-0.2, -0.15) is 13.2 Å². The van der Waals surface area contributed by atoms with E-state index in [0.717, 1.165) is 31.4 Å². The Morgan fingerprint density at radius 2 is 1.87 bits per heavy atom. The first-order valence-electron chi connectivity index (χ1n) is 10.5. The summed E-state index contributed by atoms with van der Waals surface area (Å²) in [7, 11) is 3.19. The van der Waals surface area contributed by atoms with Gasteiger partial charge in [0.1, 0.15) is 0 Å². The monoisotopic (exact) mass is 442 g/mol. The lowest BCUT2D eigenvalue weighted by Gasteiger charge is -2.21. The number of nitrogens with one attached hydrogen (secondary N) is 2.